The van der Waals surface area contributed by atoms with E-state index in [1.54, 1.807) is 48.5 Å². The SMILES string of the molecule is CCCOc1ccc(N2C(=O)CC(NNC(=O)c3cccc(Br)c3)C2=O)cc1. The third-order valence-corrected chi connectivity index (χ3v) is 4.65. The maximum absolute atomic E-state index is 12.6. The molecule has 0 saturated carbocycles. The molecule has 3 rings (SSSR count). The molecule has 0 bridgehead atoms. The van der Waals surface area contributed by atoms with Crippen molar-refractivity contribution in [3.8, 4) is 5.75 Å². The second-order valence-electron chi connectivity index (χ2n) is 6.28. The van der Waals surface area contributed by atoms with Crippen molar-refractivity contribution in [1.29, 1.82) is 0 Å². The molecule has 1 saturated heterocycles. The minimum absolute atomic E-state index is 0.0360. The highest BCUT2D eigenvalue weighted by molar-refractivity contribution is 9.10. The molecule has 1 fully saturated rings. The molecule has 146 valence electrons. The van der Waals surface area contributed by atoms with E-state index in [0.717, 1.165) is 15.8 Å². The zero-order chi connectivity index (χ0) is 20.1. The van der Waals surface area contributed by atoms with Crippen LogP contribution in [-0.2, 0) is 9.59 Å². The van der Waals surface area contributed by atoms with E-state index in [4.69, 9.17) is 4.74 Å². The van der Waals surface area contributed by atoms with Gasteiger partial charge in [0, 0.05) is 10.0 Å². The summed E-state index contributed by atoms with van der Waals surface area (Å²) in [6.45, 7) is 2.61. The zero-order valence-corrected chi connectivity index (χ0v) is 16.9. The summed E-state index contributed by atoms with van der Waals surface area (Å²) in [5.41, 5.74) is 6.06. The van der Waals surface area contributed by atoms with Crippen LogP contribution in [0, 0.1) is 0 Å². The summed E-state index contributed by atoms with van der Waals surface area (Å²) >= 11 is 3.30. The van der Waals surface area contributed by atoms with Crippen LogP contribution in [0.5, 0.6) is 5.75 Å². The van der Waals surface area contributed by atoms with Gasteiger partial charge < -0.3 is 4.74 Å². The molecule has 1 heterocycles. The lowest BCUT2D eigenvalue weighted by Crippen LogP contribution is -2.48. The number of halogens is 1. The van der Waals surface area contributed by atoms with E-state index < -0.39 is 17.9 Å². The molecule has 0 radical (unpaired) electrons. The molecule has 1 aliphatic heterocycles. The van der Waals surface area contributed by atoms with Gasteiger partial charge in [0.05, 0.1) is 18.7 Å². The summed E-state index contributed by atoms with van der Waals surface area (Å²) in [6.07, 6.45) is 0.857. The second-order valence-corrected chi connectivity index (χ2v) is 7.19. The number of hydrogen-bond donors (Lipinski definition) is 2. The van der Waals surface area contributed by atoms with E-state index in [1.165, 1.54) is 0 Å². The van der Waals surface area contributed by atoms with Crippen LogP contribution in [0.2, 0.25) is 0 Å². The van der Waals surface area contributed by atoms with Crippen molar-refractivity contribution in [3.63, 3.8) is 0 Å². The van der Waals surface area contributed by atoms with Gasteiger partial charge in [-0.2, -0.15) is 0 Å². The molecule has 2 aromatic rings. The number of ether oxygens (including phenoxy) is 1. The minimum Gasteiger partial charge on any atom is -0.494 e. The number of carbonyl (C=O) groups excluding carboxylic acids is 3. The molecule has 0 aromatic heterocycles. The molecule has 0 spiro atoms. The normalized spacial score (nSPS) is 16.4. The smallest absolute Gasteiger partial charge is 0.265 e. The van der Waals surface area contributed by atoms with E-state index in [-0.39, 0.29) is 12.3 Å². The van der Waals surface area contributed by atoms with Gasteiger partial charge in [-0.05, 0) is 48.9 Å². The van der Waals surface area contributed by atoms with Crippen LogP contribution in [-0.4, -0.2) is 30.4 Å². The average molecular weight is 446 g/mol. The van der Waals surface area contributed by atoms with Gasteiger partial charge in [-0.3, -0.25) is 19.8 Å². The molecule has 28 heavy (non-hydrogen) atoms. The Hall–Kier alpha value is -2.71. The monoisotopic (exact) mass is 445 g/mol. The molecule has 2 N–H and O–H groups in total. The fraction of sp³-hybridized carbons (Fsp3) is 0.250. The molecular weight excluding hydrogens is 426 g/mol. The summed E-state index contributed by atoms with van der Waals surface area (Å²) in [7, 11) is 0. The van der Waals surface area contributed by atoms with Crippen molar-refractivity contribution in [3.05, 3.63) is 58.6 Å². The highest BCUT2D eigenvalue weighted by Crippen LogP contribution is 2.25. The van der Waals surface area contributed by atoms with Crippen molar-refractivity contribution >= 4 is 39.3 Å². The fourth-order valence-corrected chi connectivity index (χ4v) is 3.18. The molecular formula is C20H20BrN3O4. The van der Waals surface area contributed by atoms with Gasteiger partial charge in [0.2, 0.25) is 5.91 Å². The lowest BCUT2D eigenvalue weighted by Gasteiger charge is -2.16. The first-order chi connectivity index (χ1) is 13.5. The zero-order valence-electron chi connectivity index (χ0n) is 15.3. The van der Waals surface area contributed by atoms with Crippen molar-refractivity contribution in [1.82, 2.24) is 10.9 Å². The number of hydrogen-bond acceptors (Lipinski definition) is 5. The molecule has 0 aliphatic carbocycles. The van der Waals surface area contributed by atoms with E-state index >= 15 is 0 Å². The quantitative estimate of drug-likeness (QED) is 0.505. The van der Waals surface area contributed by atoms with Crippen molar-refractivity contribution in [2.75, 3.05) is 11.5 Å². The Labute approximate surface area is 171 Å². The lowest BCUT2D eigenvalue weighted by molar-refractivity contribution is -0.121. The first-order valence-electron chi connectivity index (χ1n) is 8.90. The van der Waals surface area contributed by atoms with Crippen LogP contribution in [0.3, 0.4) is 0 Å². The fourth-order valence-electron chi connectivity index (χ4n) is 2.78. The first kappa shape index (κ1) is 20.0. The maximum atomic E-state index is 12.6. The molecule has 2 aromatic carbocycles. The van der Waals surface area contributed by atoms with Crippen LogP contribution in [0.25, 0.3) is 0 Å². The van der Waals surface area contributed by atoms with Gasteiger partial charge in [-0.25, -0.2) is 10.3 Å². The largest absolute Gasteiger partial charge is 0.494 e. The number of carbonyl (C=O) groups is 3. The van der Waals surface area contributed by atoms with Crippen molar-refractivity contribution in [2.24, 2.45) is 0 Å². The highest BCUT2D eigenvalue weighted by atomic mass is 79.9. The van der Waals surface area contributed by atoms with E-state index in [2.05, 4.69) is 26.8 Å². The third-order valence-electron chi connectivity index (χ3n) is 4.16. The lowest BCUT2D eigenvalue weighted by atomic mass is 10.2. The van der Waals surface area contributed by atoms with Crippen LogP contribution >= 0.6 is 15.9 Å². The Morgan fingerprint density at radius 1 is 1.21 bits per heavy atom. The number of rotatable bonds is 7. The van der Waals surface area contributed by atoms with Gasteiger partial charge in [0.15, 0.2) is 0 Å². The molecule has 7 nitrogen and oxygen atoms in total. The number of anilines is 1. The Bertz CT molecular complexity index is 885. The van der Waals surface area contributed by atoms with Crippen molar-refractivity contribution in [2.45, 2.75) is 25.8 Å². The summed E-state index contributed by atoms with van der Waals surface area (Å²) in [6, 6.07) is 12.8. The predicted molar refractivity (Wildman–Crippen MR) is 108 cm³/mol. The number of imide groups is 1. The molecule has 1 atom stereocenters. The Morgan fingerprint density at radius 3 is 2.64 bits per heavy atom. The highest BCUT2D eigenvalue weighted by Gasteiger charge is 2.39. The number of hydrazine groups is 1. The van der Waals surface area contributed by atoms with Gasteiger partial charge in [-0.15, -0.1) is 0 Å². The number of benzene rings is 2. The van der Waals surface area contributed by atoms with Gasteiger partial charge in [0.25, 0.3) is 11.8 Å². The topological polar surface area (TPSA) is 87.7 Å². The molecule has 3 amide bonds. The van der Waals surface area contributed by atoms with Gasteiger partial charge in [-0.1, -0.05) is 28.9 Å². The average Bonchev–Trinajstić information content (AvgIpc) is 2.98. The van der Waals surface area contributed by atoms with Crippen LogP contribution in [0.1, 0.15) is 30.1 Å². The van der Waals surface area contributed by atoms with Crippen LogP contribution in [0.15, 0.2) is 53.0 Å². The number of amides is 3. The third kappa shape index (κ3) is 4.58. The summed E-state index contributed by atoms with van der Waals surface area (Å²) in [5.74, 6) is -0.457. The Kier molecular flexibility index (Phi) is 6.43. The standard InChI is InChI=1S/C20H20BrN3O4/c1-2-10-28-16-8-6-15(7-9-16)24-18(25)12-17(20(24)27)22-23-19(26)13-4-3-5-14(21)11-13/h3-9,11,17,22H,2,10,12H2,1H3,(H,23,26). The summed E-state index contributed by atoms with van der Waals surface area (Å²) in [4.78, 5) is 38.3. The number of nitrogens with one attached hydrogen (secondary N) is 2. The Morgan fingerprint density at radius 2 is 1.96 bits per heavy atom. The second kappa shape index (κ2) is 8.99. The summed E-state index contributed by atoms with van der Waals surface area (Å²) < 4.78 is 6.28. The predicted octanol–water partition coefficient (Wildman–Crippen LogP) is 2.80. The Balaban J connectivity index is 1.62. The summed E-state index contributed by atoms with van der Waals surface area (Å²) in [5, 5.41) is 0. The molecule has 1 unspecified atom stereocenters. The molecule has 1 aliphatic rings. The van der Waals surface area contributed by atoms with Crippen LogP contribution in [0.4, 0.5) is 5.69 Å². The molecule has 8 heteroatoms. The first-order valence-corrected chi connectivity index (χ1v) is 9.70. The van der Waals surface area contributed by atoms with E-state index in [1.807, 2.05) is 6.92 Å². The van der Waals surface area contributed by atoms with Crippen LogP contribution < -0.4 is 20.5 Å². The van der Waals surface area contributed by atoms with Gasteiger partial charge >= 0.3 is 0 Å². The van der Waals surface area contributed by atoms with Gasteiger partial charge in [0.1, 0.15) is 11.8 Å². The minimum atomic E-state index is -0.820. The van der Waals surface area contributed by atoms with Crippen molar-refractivity contribution < 1.29 is 19.1 Å². The van der Waals surface area contributed by atoms with E-state index in [0.29, 0.717) is 23.6 Å². The van der Waals surface area contributed by atoms with E-state index in [9.17, 15) is 14.4 Å². The number of nitrogens with zero attached hydrogens (tertiary/aromatic N) is 1. The maximum Gasteiger partial charge on any atom is 0.265 e.